The maximum Gasteiger partial charge on any atom is 0.203 e. The summed E-state index contributed by atoms with van der Waals surface area (Å²) >= 11 is 13.3. The fourth-order valence-electron chi connectivity index (χ4n) is 1.48. The molecule has 0 spiro atoms. The second kappa shape index (κ2) is 4.44. The highest BCUT2D eigenvalue weighted by atomic mass is 35.5. The van der Waals surface area contributed by atoms with E-state index in [1.807, 2.05) is 12.1 Å². The van der Waals surface area contributed by atoms with Crippen LogP contribution in [-0.2, 0) is 0 Å². The van der Waals surface area contributed by atoms with Gasteiger partial charge in [0, 0.05) is 33.2 Å². The molecule has 1 saturated carbocycles. The Labute approximate surface area is 113 Å². The van der Waals surface area contributed by atoms with Gasteiger partial charge in [-0.2, -0.15) is 9.36 Å². The van der Waals surface area contributed by atoms with Crippen molar-refractivity contribution in [3.63, 3.8) is 0 Å². The van der Waals surface area contributed by atoms with Gasteiger partial charge in [-0.15, -0.1) is 0 Å². The van der Waals surface area contributed by atoms with Crippen molar-refractivity contribution in [2.75, 3.05) is 5.32 Å². The van der Waals surface area contributed by atoms with E-state index in [0.717, 1.165) is 10.7 Å². The summed E-state index contributed by atoms with van der Waals surface area (Å²) in [7, 11) is 0. The highest BCUT2D eigenvalue weighted by Gasteiger charge is 2.22. The number of hydrogen-bond acceptors (Lipinski definition) is 4. The van der Waals surface area contributed by atoms with E-state index in [1.54, 1.807) is 6.07 Å². The van der Waals surface area contributed by atoms with Crippen molar-refractivity contribution >= 4 is 39.9 Å². The lowest BCUT2D eigenvalue weighted by molar-refractivity contribution is 1.14. The quantitative estimate of drug-likeness (QED) is 0.923. The number of nitrogens with one attached hydrogen (secondary N) is 1. The monoisotopic (exact) mass is 285 g/mol. The van der Waals surface area contributed by atoms with Crippen LogP contribution in [0.2, 0.25) is 10.0 Å². The van der Waals surface area contributed by atoms with Gasteiger partial charge in [-0.1, -0.05) is 23.2 Å². The molecule has 1 aromatic carbocycles. The second-order valence-electron chi connectivity index (χ2n) is 4.00. The summed E-state index contributed by atoms with van der Waals surface area (Å²) in [5.74, 6) is 0.669. The van der Waals surface area contributed by atoms with Gasteiger partial charge in [0.2, 0.25) is 5.13 Å². The average Bonchev–Trinajstić information content (AvgIpc) is 2.93. The molecule has 1 N–H and O–H groups in total. The minimum Gasteiger partial charge on any atom is -0.358 e. The molecule has 1 aliphatic rings. The zero-order valence-corrected chi connectivity index (χ0v) is 11.1. The van der Waals surface area contributed by atoms with Crippen molar-refractivity contribution in [3.8, 4) is 11.4 Å². The first-order valence-corrected chi connectivity index (χ1v) is 6.80. The largest absolute Gasteiger partial charge is 0.358 e. The van der Waals surface area contributed by atoms with Crippen LogP contribution in [0.4, 0.5) is 5.13 Å². The maximum absolute atomic E-state index is 5.95. The van der Waals surface area contributed by atoms with Gasteiger partial charge in [-0.25, -0.2) is 0 Å². The average molecular weight is 286 g/mol. The number of hydrogen-bond donors (Lipinski definition) is 1. The third-order valence-electron chi connectivity index (χ3n) is 2.45. The Hall–Kier alpha value is -0.840. The lowest BCUT2D eigenvalue weighted by Gasteiger charge is -1.98. The molecule has 0 saturated heterocycles. The van der Waals surface area contributed by atoms with Gasteiger partial charge < -0.3 is 5.32 Å². The predicted molar refractivity (Wildman–Crippen MR) is 72.0 cm³/mol. The summed E-state index contributed by atoms with van der Waals surface area (Å²) in [6, 6.07) is 5.91. The van der Waals surface area contributed by atoms with Gasteiger partial charge in [0.05, 0.1) is 0 Å². The van der Waals surface area contributed by atoms with Gasteiger partial charge in [-0.3, -0.25) is 0 Å². The lowest BCUT2D eigenvalue weighted by Crippen LogP contribution is -1.99. The number of rotatable bonds is 3. The third kappa shape index (κ3) is 2.70. The smallest absolute Gasteiger partial charge is 0.203 e. The summed E-state index contributed by atoms with van der Waals surface area (Å²) < 4.78 is 4.30. The highest BCUT2D eigenvalue weighted by Crippen LogP contribution is 2.30. The first-order valence-electron chi connectivity index (χ1n) is 5.27. The summed E-state index contributed by atoms with van der Waals surface area (Å²) in [5, 5.41) is 5.37. The zero-order valence-electron chi connectivity index (χ0n) is 8.78. The third-order valence-corrected chi connectivity index (χ3v) is 3.53. The molecule has 3 rings (SSSR count). The van der Waals surface area contributed by atoms with E-state index in [-0.39, 0.29) is 0 Å². The van der Waals surface area contributed by atoms with E-state index in [4.69, 9.17) is 23.2 Å². The van der Waals surface area contributed by atoms with Gasteiger partial charge in [-0.05, 0) is 31.0 Å². The molecule has 0 unspecified atom stereocenters. The van der Waals surface area contributed by atoms with E-state index < -0.39 is 0 Å². The van der Waals surface area contributed by atoms with Crippen LogP contribution in [0.5, 0.6) is 0 Å². The molecule has 3 nitrogen and oxygen atoms in total. The molecule has 0 radical (unpaired) electrons. The second-order valence-corrected chi connectivity index (χ2v) is 5.62. The molecule has 0 aliphatic heterocycles. The van der Waals surface area contributed by atoms with E-state index in [1.165, 1.54) is 24.4 Å². The minimum absolute atomic E-state index is 0.582. The Kier molecular flexibility index (Phi) is 2.94. The molecule has 1 aromatic heterocycles. The molecule has 88 valence electrons. The normalized spacial score (nSPS) is 14.9. The maximum atomic E-state index is 5.95. The van der Waals surface area contributed by atoms with Crippen molar-refractivity contribution in [2.45, 2.75) is 18.9 Å². The summed E-state index contributed by atoms with van der Waals surface area (Å²) in [6.45, 7) is 0. The predicted octanol–water partition coefficient (Wildman–Crippen LogP) is 4.09. The fraction of sp³-hybridized carbons (Fsp3) is 0.273. The lowest BCUT2D eigenvalue weighted by atomic mass is 10.2. The molecular weight excluding hydrogens is 277 g/mol. The molecule has 0 atom stereocenters. The van der Waals surface area contributed by atoms with Crippen LogP contribution in [0, 0.1) is 0 Å². The summed E-state index contributed by atoms with van der Waals surface area (Å²) in [6.07, 6.45) is 2.44. The summed E-state index contributed by atoms with van der Waals surface area (Å²) in [4.78, 5) is 4.42. The van der Waals surface area contributed by atoms with Crippen molar-refractivity contribution < 1.29 is 0 Å². The van der Waals surface area contributed by atoms with Crippen molar-refractivity contribution in [3.05, 3.63) is 28.2 Å². The molecule has 0 amide bonds. The van der Waals surface area contributed by atoms with Gasteiger partial charge in [0.25, 0.3) is 0 Å². The molecule has 6 heteroatoms. The Morgan fingerprint density at radius 1 is 1.18 bits per heavy atom. The van der Waals surface area contributed by atoms with Crippen LogP contribution in [0.1, 0.15) is 12.8 Å². The fourth-order valence-corrected chi connectivity index (χ4v) is 2.68. The first-order chi connectivity index (χ1) is 8.20. The number of benzene rings is 1. The zero-order chi connectivity index (χ0) is 11.8. The SMILES string of the molecule is Clc1cc(Cl)cc(-c2nsc(NC3CC3)n2)c1. The Balaban J connectivity index is 1.88. The van der Waals surface area contributed by atoms with Crippen molar-refractivity contribution in [1.29, 1.82) is 0 Å². The van der Waals surface area contributed by atoms with Crippen LogP contribution in [0.15, 0.2) is 18.2 Å². The minimum atomic E-state index is 0.582. The molecule has 2 aromatic rings. The van der Waals surface area contributed by atoms with Gasteiger partial charge in [0.1, 0.15) is 0 Å². The van der Waals surface area contributed by atoms with E-state index in [9.17, 15) is 0 Å². The van der Waals surface area contributed by atoms with Gasteiger partial charge >= 0.3 is 0 Å². The highest BCUT2D eigenvalue weighted by molar-refractivity contribution is 7.09. The molecule has 0 bridgehead atoms. The van der Waals surface area contributed by atoms with Crippen LogP contribution < -0.4 is 5.32 Å². The molecule has 17 heavy (non-hydrogen) atoms. The van der Waals surface area contributed by atoms with E-state index in [2.05, 4.69) is 14.7 Å². The molecule has 1 aliphatic carbocycles. The number of halogens is 2. The molecule has 1 heterocycles. The van der Waals surface area contributed by atoms with Crippen LogP contribution in [0.25, 0.3) is 11.4 Å². The summed E-state index contributed by atoms with van der Waals surface area (Å²) in [5.41, 5.74) is 0.850. The van der Waals surface area contributed by atoms with E-state index in [0.29, 0.717) is 21.9 Å². The van der Waals surface area contributed by atoms with Crippen molar-refractivity contribution in [1.82, 2.24) is 9.36 Å². The van der Waals surface area contributed by atoms with Crippen molar-refractivity contribution in [2.24, 2.45) is 0 Å². The Bertz CT molecular complexity index is 531. The number of aromatic nitrogens is 2. The topological polar surface area (TPSA) is 37.8 Å². The van der Waals surface area contributed by atoms with E-state index >= 15 is 0 Å². The van der Waals surface area contributed by atoms with Crippen LogP contribution in [0.3, 0.4) is 0 Å². The van der Waals surface area contributed by atoms with Crippen LogP contribution in [-0.4, -0.2) is 15.4 Å². The number of nitrogens with zero attached hydrogens (tertiary/aromatic N) is 2. The molecular formula is C11H9Cl2N3S. The standard InChI is InChI=1S/C11H9Cl2N3S/c12-7-3-6(4-8(13)5-7)10-15-11(17-16-10)14-9-1-2-9/h3-5,9H,1-2H2,(H,14,15,16). The number of anilines is 1. The Morgan fingerprint density at radius 3 is 2.53 bits per heavy atom. The molecule has 1 fully saturated rings. The Morgan fingerprint density at radius 2 is 1.88 bits per heavy atom. The first kappa shape index (κ1) is 11.3. The van der Waals surface area contributed by atoms with Crippen LogP contribution >= 0.6 is 34.7 Å². The van der Waals surface area contributed by atoms with Gasteiger partial charge in [0.15, 0.2) is 5.82 Å².